The Balaban J connectivity index is 2.46. The summed E-state index contributed by atoms with van der Waals surface area (Å²) < 4.78 is 10.7. The SMILES string of the molecule is CCCN(CCC)Cc1cccc(C2C(C#N)=C(N)OC(C)=C2C(=O)OCC)c1. The van der Waals surface area contributed by atoms with Crippen molar-refractivity contribution in [1.29, 1.82) is 5.26 Å². The van der Waals surface area contributed by atoms with Gasteiger partial charge >= 0.3 is 5.97 Å². The second kappa shape index (κ2) is 10.7. The van der Waals surface area contributed by atoms with Gasteiger partial charge in [-0.1, -0.05) is 38.1 Å². The molecule has 0 amide bonds. The van der Waals surface area contributed by atoms with Crippen molar-refractivity contribution < 1.29 is 14.3 Å². The van der Waals surface area contributed by atoms with Crippen LogP contribution in [0.1, 0.15) is 57.6 Å². The lowest BCUT2D eigenvalue weighted by molar-refractivity contribution is -0.139. The Morgan fingerprint density at radius 1 is 1.28 bits per heavy atom. The number of rotatable bonds is 9. The third-order valence-electron chi connectivity index (χ3n) is 4.87. The van der Waals surface area contributed by atoms with Gasteiger partial charge in [0.15, 0.2) is 0 Å². The van der Waals surface area contributed by atoms with Gasteiger partial charge < -0.3 is 15.2 Å². The van der Waals surface area contributed by atoms with Gasteiger partial charge in [0.2, 0.25) is 5.88 Å². The highest BCUT2D eigenvalue weighted by atomic mass is 16.5. The Kier molecular flexibility index (Phi) is 8.29. The lowest BCUT2D eigenvalue weighted by atomic mass is 9.82. The molecule has 0 aliphatic carbocycles. The first-order valence-corrected chi connectivity index (χ1v) is 10.2. The zero-order valence-corrected chi connectivity index (χ0v) is 17.8. The number of carbonyl (C=O) groups is 1. The molecule has 29 heavy (non-hydrogen) atoms. The van der Waals surface area contributed by atoms with E-state index in [0.717, 1.165) is 43.6 Å². The number of nitriles is 1. The van der Waals surface area contributed by atoms with Crippen LogP contribution in [-0.2, 0) is 20.8 Å². The summed E-state index contributed by atoms with van der Waals surface area (Å²) in [6, 6.07) is 10.1. The lowest BCUT2D eigenvalue weighted by Crippen LogP contribution is -2.26. The summed E-state index contributed by atoms with van der Waals surface area (Å²) in [6.07, 6.45) is 2.18. The molecule has 6 nitrogen and oxygen atoms in total. The highest BCUT2D eigenvalue weighted by molar-refractivity contribution is 5.92. The predicted molar refractivity (Wildman–Crippen MR) is 112 cm³/mol. The number of allylic oxidation sites excluding steroid dienone is 2. The lowest BCUT2D eigenvalue weighted by Gasteiger charge is -2.27. The van der Waals surface area contributed by atoms with Crippen LogP contribution in [0.4, 0.5) is 0 Å². The molecule has 156 valence electrons. The van der Waals surface area contributed by atoms with E-state index >= 15 is 0 Å². The average molecular weight is 398 g/mol. The van der Waals surface area contributed by atoms with Crippen LogP contribution < -0.4 is 5.73 Å². The van der Waals surface area contributed by atoms with Crippen molar-refractivity contribution in [3.63, 3.8) is 0 Å². The van der Waals surface area contributed by atoms with Gasteiger partial charge in [-0.15, -0.1) is 0 Å². The Labute approximate surface area is 173 Å². The molecule has 0 bridgehead atoms. The van der Waals surface area contributed by atoms with Gasteiger partial charge in [0.25, 0.3) is 0 Å². The fraction of sp³-hybridized carbons (Fsp3) is 0.478. The van der Waals surface area contributed by atoms with E-state index in [2.05, 4.69) is 30.9 Å². The van der Waals surface area contributed by atoms with E-state index in [1.54, 1.807) is 13.8 Å². The number of carbonyl (C=O) groups excluding carboxylic acids is 1. The van der Waals surface area contributed by atoms with Crippen molar-refractivity contribution in [2.24, 2.45) is 5.73 Å². The van der Waals surface area contributed by atoms with Crippen molar-refractivity contribution in [1.82, 2.24) is 4.90 Å². The summed E-state index contributed by atoms with van der Waals surface area (Å²) in [6.45, 7) is 10.9. The minimum Gasteiger partial charge on any atom is -0.463 e. The molecule has 0 radical (unpaired) electrons. The third-order valence-corrected chi connectivity index (χ3v) is 4.87. The van der Waals surface area contributed by atoms with E-state index < -0.39 is 11.9 Å². The number of nitrogens with zero attached hydrogens (tertiary/aromatic N) is 2. The van der Waals surface area contributed by atoms with E-state index in [4.69, 9.17) is 15.2 Å². The fourth-order valence-corrected chi connectivity index (χ4v) is 3.72. The summed E-state index contributed by atoms with van der Waals surface area (Å²) in [5.41, 5.74) is 8.51. The van der Waals surface area contributed by atoms with Gasteiger partial charge in [-0.3, -0.25) is 4.90 Å². The van der Waals surface area contributed by atoms with E-state index in [-0.39, 0.29) is 18.1 Å². The molecule has 1 unspecified atom stereocenters. The largest absolute Gasteiger partial charge is 0.463 e. The smallest absolute Gasteiger partial charge is 0.338 e. The molecule has 1 heterocycles. The normalized spacial score (nSPS) is 16.6. The second-order valence-corrected chi connectivity index (χ2v) is 7.14. The van der Waals surface area contributed by atoms with Gasteiger partial charge in [-0.2, -0.15) is 5.26 Å². The molecule has 1 atom stereocenters. The molecule has 0 aromatic heterocycles. The first kappa shape index (κ1) is 22.5. The van der Waals surface area contributed by atoms with Crippen molar-refractivity contribution >= 4 is 5.97 Å². The fourth-order valence-electron chi connectivity index (χ4n) is 3.72. The topological polar surface area (TPSA) is 88.6 Å². The maximum atomic E-state index is 12.7. The summed E-state index contributed by atoms with van der Waals surface area (Å²) in [4.78, 5) is 15.1. The minimum atomic E-state index is -0.599. The van der Waals surface area contributed by atoms with Crippen LogP contribution >= 0.6 is 0 Å². The first-order valence-electron chi connectivity index (χ1n) is 10.2. The molecule has 2 rings (SSSR count). The summed E-state index contributed by atoms with van der Waals surface area (Å²) in [5.74, 6) is -0.682. The molecular formula is C23H31N3O3. The third kappa shape index (κ3) is 5.39. The molecule has 0 saturated carbocycles. The van der Waals surface area contributed by atoms with E-state index in [0.29, 0.717) is 11.3 Å². The average Bonchev–Trinajstić information content (AvgIpc) is 2.68. The maximum absolute atomic E-state index is 12.7. The van der Waals surface area contributed by atoms with Crippen molar-refractivity contribution in [2.75, 3.05) is 19.7 Å². The van der Waals surface area contributed by atoms with Crippen LogP contribution in [0.3, 0.4) is 0 Å². The molecule has 1 aromatic carbocycles. The summed E-state index contributed by atoms with van der Waals surface area (Å²) >= 11 is 0. The molecule has 0 spiro atoms. The monoisotopic (exact) mass is 397 g/mol. The Hall–Kier alpha value is -2.78. The maximum Gasteiger partial charge on any atom is 0.338 e. The van der Waals surface area contributed by atoms with E-state index in [1.165, 1.54) is 0 Å². The van der Waals surface area contributed by atoms with Crippen molar-refractivity contribution in [3.05, 3.63) is 58.2 Å². The Morgan fingerprint density at radius 3 is 2.55 bits per heavy atom. The van der Waals surface area contributed by atoms with Crippen LogP contribution in [0.2, 0.25) is 0 Å². The molecule has 6 heteroatoms. The Morgan fingerprint density at radius 2 is 1.97 bits per heavy atom. The van der Waals surface area contributed by atoms with Crippen LogP contribution in [-0.4, -0.2) is 30.6 Å². The van der Waals surface area contributed by atoms with Gasteiger partial charge in [0, 0.05) is 6.54 Å². The molecule has 1 aromatic rings. The second-order valence-electron chi connectivity index (χ2n) is 7.14. The highest BCUT2D eigenvalue weighted by Gasteiger charge is 2.36. The summed E-state index contributed by atoms with van der Waals surface area (Å²) in [5, 5.41) is 9.71. The number of hydrogen-bond donors (Lipinski definition) is 1. The predicted octanol–water partition coefficient (Wildman–Crippen LogP) is 3.95. The molecule has 1 aliphatic rings. The van der Waals surface area contributed by atoms with Gasteiger partial charge in [0.1, 0.15) is 17.4 Å². The molecular weight excluding hydrogens is 366 g/mol. The van der Waals surface area contributed by atoms with Crippen molar-refractivity contribution in [3.8, 4) is 6.07 Å². The first-order chi connectivity index (χ1) is 14.0. The number of nitrogens with two attached hydrogens (primary N) is 1. The van der Waals surface area contributed by atoms with Crippen LogP contribution in [0.25, 0.3) is 0 Å². The van der Waals surface area contributed by atoms with Crippen molar-refractivity contribution in [2.45, 2.75) is 53.0 Å². The molecule has 2 N–H and O–H groups in total. The van der Waals surface area contributed by atoms with Gasteiger partial charge in [0.05, 0.1) is 18.1 Å². The van der Waals surface area contributed by atoms with Gasteiger partial charge in [-0.25, -0.2) is 4.79 Å². The minimum absolute atomic E-state index is 0.0343. The number of esters is 1. The number of benzene rings is 1. The number of hydrogen-bond acceptors (Lipinski definition) is 6. The Bertz CT molecular complexity index is 830. The van der Waals surface area contributed by atoms with Crippen LogP contribution in [0, 0.1) is 11.3 Å². The molecule has 0 saturated heterocycles. The molecule has 0 fully saturated rings. The van der Waals surface area contributed by atoms with Gasteiger partial charge in [-0.05, 0) is 50.9 Å². The van der Waals surface area contributed by atoms with E-state index in [9.17, 15) is 10.1 Å². The summed E-state index contributed by atoms with van der Waals surface area (Å²) in [7, 11) is 0. The van der Waals surface area contributed by atoms with Crippen LogP contribution in [0.5, 0.6) is 0 Å². The zero-order chi connectivity index (χ0) is 21.4. The number of ether oxygens (including phenoxy) is 2. The molecule has 1 aliphatic heterocycles. The quantitative estimate of drug-likeness (QED) is 0.635. The standard InChI is InChI=1S/C23H31N3O3/c1-5-11-26(12-6-2)15-17-9-8-10-18(13-17)21-19(14-24)22(25)29-16(4)20(21)23(27)28-7-3/h8-10,13,21H,5-7,11-12,15,25H2,1-4H3. The zero-order valence-electron chi connectivity index (χ0n) is 17.8. The highest BCUT2D eigenvalue weighted by Crippen LogP contribution is 2.39. The van der Waals surface area contributed by atoms with Crippen LogP contribution in [0.15, 0.2) is 47.1 Å². The van der Waals surface area contributed by atoms with E-state index in [1.807, 2.05) is 18.2 Å².